The summed E-state index contributed by atoms with van der Waals surface area (Å²) in [5.74, 6) is -1.58. The van der Waals surface area contributed by atoms with Crippen molar-refractivity contribution in [3.8, 4) is 5.75 Å². The van der Waals surface area contributed by atoms with Gasteiger partial charge in [0.2, 0.25) is 0 Å². The molecule has 1 saturated heterocycles. The number of hydrogen-bond acceptors (Lipinski definition) is 4. The SMILES string of the molecule is O=C1COc2c(cccc2C(=O)N2CCCC(C(=O)O)C2)N1. The molecule has 0 spiro atoms. The second-order valence-electron chi connectivity index (χ2n) is 5.45. The molecule has 1 unspecified atom stereocenters. The van der Waals surface area contributed by atoms with Crippen LogP contribution in [-0.2, 0) is 9.59 Å². The van der Waals surface area contributed by atoms with Crippen LogP contribution in [-0.4, -0.2) is 47.5 Å². The summed E-state index contributed by atoms with van der Waals surface area (Å²) in [5.41, 5.74) is 0.817. The molecule has 2 aliphatic heterocycles. The summed E-state index contributed by atoms with van der Waals surface area (Å²) in [6.45, 7) is 0.595. The molecule has 2 N–H and O–H groups in total. The van der Waals surface area contributed by atoms with Gasteiger partial charge in [-0.05, 0) is 25.0 Å². The van der Waals surface area contributed by atoms with E-state index < -0.39 is 11.9 Å². The molecule has 116 valence electrons. The standard InChI is InChI=1S/C15H16N2O5/c18-12-8-22-13-10(4-1-5-11(13)16-12)14(19)17-6-2-3-9(7-17)15(20)21/h1,4-5,9H,2-3,6-8H2,(H,16,18)(H,20,21). The van der Waals surface area contributed by atoms with E-state index in [-0.39, 0.29) is 25.0 Å². The van der Waals surface area contributed by atoms with Gasteiger partial charge < -0.3 is 20.1 Å². The lowest BCUT2D eigenvalue weighted by atomic mass is 9.97. The number of benzene rings is 1. The van der Waals surface area contributed by atoms with Crippen LogP contribution >= 0.6 is 0 Å². The first-order valence-corrected chi connectivity index (χ1v) is 7.14. The van der Waals surface area contributed by atoms with Crippen LogP contribution in [0.25, 0.3) is 0 Å². The first-order chi connectivity index (χ1) is 10.6. The zero-order valence-corrected chi connectivity index (χ0v) is 11.9. The van der Waals surface area contributed by atoms with Gasteiger partial charge in [0.1, 0.15) is 0 Å². The number of amides is 2. The molecule has 7 nitrogen and oxygen atoms in total. The summed E-state index contributed by atoms with van der Waals surface area (Å²) in [6, 6.07) is 4.96. The number of carbonyl (C=O) groups is 3. The number of carboxylic acid groups (broad SMARTS) is 1. The van der Waals surface area contributed by atoms with Crippen LogP contribution in [0.1, 0.15) is 23.2 Å². The Labute approximate surface area is 126 Å². The maximum Gasteiger partial charge on any atom is 0.308 e. The van der Waals surface area contributed by atoms with Crippen LogP contribution in [0.2, 0.25) is 0 Å². The topological polar surface area (TPSA) is 95.9 Å². The van der Waals surface area contributed by atoms with Crippen LogP contribution in [0.15, 0.2) is 18.2 Å². The monoisotopic (exact) mass is 304 g/mol. The number of hydrogen-bond donors (Lipinski definition) is 2. The number of aliphatic carboxylic acids is 1. The summed E-state index contributed by atoms with van der Waals surface area (Å²) >= 11 is 0. The number of piperidine rings is 1. The molecule has 2 aliphatic rings. The Kier molecular flexibility index (Phi) is 3.70. The molecule has 0 saturated carbocycles. The largest absolute Gasteiger partial charge is 0.481 e. The van der Waals surface area contributed by atoms with Crippen molar-refractivity contribution >= 4 is 23.5 Å². The Hall–Kier alpha value is -2.57. The number of nitrogens with one attached hydrogen (secondary N) is 1. The van der Waals surface area contributed by atoms with Crippen molar-refractivity contribution in [1.29, 1.82) is 0 Å². The third-order valence-corrected chi connectivity index (χ3v) is 3.92. The van der Waals surface area contributed by atoms with E-state index in [4.69, 9.17) is 9.84 Å². The Morgan fingerprint density at radius 2 is 2.18 bits per heavy atom. The molecule has 1 atom stereocenters. The predicted octanol–water partition coefficient (Wildman–Crippen LogP) is 0.954. The Morgan fingerprint density at radius 1 is 1.36 bits per heavy atom. The molecule has 0 radical (unpaired) electrons. The highest BCUT2D eigenvalue weighted by atomic mass is 16.5. The molecule has 2 amide bonds. The average Bonchev–Trinajstić information content (AvgIpc) is 2.53. The Morgan fingerprint density at radius 3 is 2.95 bits per heavy atom. The van der Waals surface area contributed by atoms with E-state index in [1.54, 1.807) is 18.2 Å². The van der Waals surface area contributed by atoms with E-state index in [1.165, 1.54) is 4.90 Å². The highest BCUT2D eigenvalue weighted by Crippen LogP contribution is 2.33. The first kappa shape index (κ1) is 14.4. The van der Waals surface area contributed by atoms with Gasteiger partial charge in [-0.1, -0.05) is 6.07 Å². The van der Waals surface area contributed by atoms with Crippen molar-refractivity contribution in [2.75, 3.05) is 25.0 Å². The third kappa shape index (κ3) is 2.61. The molecule has 1 aromatic carbocycles. The van der Waals surface area contributed by atoms with E-state index in [2.05, 4.69) is 5.32 Å². The number of carbonyl (C=O) groups excluding carboxylic acids is 2. The maximum absolute atomic E-state index is 12.7. The number of carboxylic acids is 1. The molecule has 0 aromatic heterocycles. The van der Waals surface area contributed by atoms with Gasteiger partial charge >= 0.3 is 5.97 Å². The maximum atomic E-state index is 12.7. The van der Waals surface area contributed by atoms with Crippen LogP contribution in [0.3, 0.4) is 0 Å². The van der Waals surface area contributed by atoms with Gasteiger partial charge in [-0.3, -0.25) is 14.4 Å². The summed E-state index contributed by atoms with van der Waals surface area (Å²) in [6.07, 6.45) is 1.24. The second-order valence-corrected chi connectivity index (χ2v) is 5.45. The van der Waals surface area contributed by atoms with Crippen molar-refractivity contribution in [1.82, 2.24) is 4.90 Å². The van der Waals surface area contributed by atoms with E-state index in [0.29, 0.717) is 36.4 Å². The number of rotatable bonds is 2. The summed E-state index contributed by atoms with van der Waals surface area (Å²) in [5, 5.41) is 11.8. The van der Waals surface area contributed by atoms with Gasteiger partial charge in [0.05, 0.1) is 17.2 Å². The molecule has 22 heavy (non-hydrogen) atoms. The average molecular weight is 304 g/mol. The van der Waals surface area contributed by atoms with E-state index in [0.717, 1.165) is 0 Å². The minimum absolute atomic E-state index is 0.130. The van der Waals surface area contributed by atoms with Gasteiger partial charge in [0.15, 0.2) is 12.4 Å². The summed E-state index contributed by atoms with van der Waals surface area (Å²) in [4.78, 5) is 36.6. The van der Waals surface area contributed by atoms with Gasteiger partial charge in [-0.15, -0.1) is 0 Å². The van der Waals surface area contributed by atoms with Crippen molar-refractivity contribution in [3.63, 3.8) is 0 Å². The van der Waals surface area contributed by atoms with Crippen molar-refractivity contribution in [3.05, 3.63) is 23.8 Å². The van der Waals surface area contributed by atoms with E-state index in [9.17, 15) is 14.4 Å². The molecule has 1 aromatic rings. The van der Waals surface area contributed by atoms with Crippen molar-refractivity contribution in [2.24, 2.45) is 5.92 Å². The molecule has 3 rings (SSSR count). The lowest BCUT2D eigenvalue weighted by Gasteiger charge is -2.31. The number of anilines is 1. The minimum Gasteiger partial charge on any atom is -0.481 e. The quantitative estimate of drug-likeness (QED) is 0.848. The number of fused-ring (bicyclic) bond motifs is 1. The van der Waals surface area contributed by atoms with E-state index >= 15 is 0 Å². The minimum atomic E-state index is -0.879. The van der Waals surface area contributed by atoms with Crippen molar-refractivity contribution in [2.45, 2.75) is 12.8 Å². The molecule has 0 aliphatic carbocycles. The third-order valence-electron chi connectivity index (χ3n) is 3.92. The molecule has 7 heteroatoms. The summed E-state index contributed by atoms with van der Waals surface area (Å²) in [7, 11) is 0. The highest BCUT2D eigenvalue weighted by molar-refractivity contribution is 6.03. The molecule has 1 fully saturated rings. The van der Waals surface area contributed by atoms with Gasteiger partial charge in [0, 0.05) is 13.1 Å². The highest BCUT2D eigenvalue weighted by Gasteiger charge is 2.31. The fourth-order valence-electron chi connectivity index (χ4n) is 2.82. The van der Waals surface area contributed by atoms with Crippen molar-refractivity contribution < 1.29 is 24.2 Å². The normalized spacial score (nSPS) is 20.6. The fraction of sp³-hybridized carbons (Fsp3) is 0.400. The molecular formula is C15H16N2O5. The first-order valence-electron chi connectivity index (χ1n) is 7.14. The number of para-hydroxylation sites is 1. The molecule has 2 heterocycles. The Balaban J connectivity index is 1.85. The number of likely N-dealkylation sites (tertiary alicyclic amines) is 1. The Bertz CT molecular complexity index is 643. The van der Waals surface area contributed by atoms with Gasteiger partial charge in [-0.25, -0.2) is 0 Å². The number of nitrogens with zero attached hydrogens (tertiary/aromatic N) is 1. The summed E-state index contributed by atoms with van der Waals surface area (Å²) < 4.78 is 5.38. The number of ether oxygens (including phenoxy) is 1. The fourth-order valence-corrected chi connectivity index (χ4v) is 2.82. The van der Waals surface area contributed by atoms with Gasteiger partial charge in [-0.2, -0.15) is 0 Å². The molecule has 0 bridgehead atoms. The predicted molar refractivity (Wildman–Crippen MR) is 76.8 cm³/mol. The van der Waals surface area contributed by atoms with Crippen LogP contribution in [0, 0.1) is 5.92 Å². The van der Waals surface area contributed by atoms with Gasteiger partial charge in [0.25, 0.3) is 11.8 Å². The van der Waals surface area contributed by atoms with Crippen LogP contribution in [0.4, 0.5) is 5.69 Å². The van der Waals surface area contributed by atoms with E-state index in [1.807, 2.05) is 0 Å². The lowest BCUT2D eigenvalue weighted by Crippen LogP contribution is -2.42. The zero-order valence-electron chi connectivity index (χ0n) is 11.9. The molecular weight excluding hydrogens is 288 g/mol. The van der Waals surface area contributed by atoms with Crippen LogP contribution in [0.5, 0.6) is 5.75 Å². The van der Waals surface area contributed by atoms with Crippen LogP contribution < -0.4 is 10.1 Å². The smallest absolute Gasteiger partial charge is 0.308 e. The second kappa shape index (κ2) is 5.67. The zero-order chi connectivity index (χ0) is 15.7. The lowest BCUT2D eigenvalue weighted by molar-refractivity contribution is -0.143.